The van der Waals surface area contributed by atoms with Crippen molar-refractivity contribution in [3.8, 4) is 5.75 Å². The van der Waals surface area contributed by atoms with E-state index in [1.165, 1.54) is 25.3 Å². The predicted octanol–water partition coefficient (Wildman–Crippen LogP) is 2.58. The minimum absolute atomic E-state index is 0.0732. The molecule has 7 heteroatoms. The topological polar surface area (TPSA) is 78.7 Å². The maximum atomic E-state index is 11.0. The fourth-order valence-corrected chi connectivity index (χ4v) is 1.49. The van der Waals surface area contributed by atoms with E-state index in [0.717, 1.165) is 0 Å². The van der Waals surface area contributed by atoms with Gasteiger partial charge in [0.25, 0.3) is 5.69 Å². The molecule has 0 heterocycles. The third-order valence-electron chi connectivity index (χ3n) is 2.14. The van der Waals surface area contributed by atoms with Gasteiger partial charge in [-0.05, 0) is 13.0 Å². The minimum atomic E-state index is -0.548. The first-order valence-corrected chi connectivity index (χ1v) is 5.49. The monoisotopic (exact) mass is 273 g/mol. The Morgan fingerprint density at radius 3 is 2.72 bits per heavy atom. The number of carbonyl (C=O) groups is 1. The van der Waals surface area contributed by atoms with E-state index in [9.17, 15) is 14.9 Å². The number of hydrogen-bond donors (Lipinski definition) is 0. The van der Waals surface area contributed by atoms with Crippen molar-refractivity contribution in [2.24, 2.45) is 0 Å². The molecule has 1 aromatic carbocycles. The minimum Gasteiger partial charge on any atom is -0.489 e. The quantitative estimate of drug-likeness (QED) is 0.468. The fourth-order valence-electron chi connectivity index (χ4n) is 1.28. The summed E-state index contributed by atoms with van der Waals surface area (Å²) in [6, 6.07) is 3.88. The zero-order chi connectivity index (χ0) is 13.7. The van der Waals surface area contributed by atoms with Gasteiger partial charge < -0.3 is 9.47 Å². The van der Waals surface area contributed by atoms with Crippen molar-refractivity contribution in [3.05, 3.63) is 33.3 Å². The van der Waals surface area contributed by atoms with Crippen LogP contribution in [-0.4, -0.2) is 24.1 Å². The van der Waals surface area contributed by atoms with Gasteiger partial charge in [0.05, 0.1) is 23.5 Å². The summed E-state index contributed by atoms with van der Waals surface area (Å²) in [5.41, 5.74) is -0.118. The number of methoxy groups -OCH3 is 1. The lowest BCUT2D eigenvalue weighted by molar-refractivity contribution is -0.384. The molecule has 0 radical (unpaired) electrons. The van der Waals surface area contributed by atoms with Gasteiger partial charge in [0.15, 0.2) is 0 Å². The van der Waals surface area contributed by atoms with Crippen molar-refractivity contribution in [2.75, 3.05) is 7.11 Å². The van der Waals surface area contributed by atoms with Crippen LogP contribution in [0.3, 0.4) is 0 Å². The first-order chi connectivity index (χ1) is 8.43. The van der Waals surface area contributed by atoms with Crippen molar-refractivity contribution < 1.29 is 19.2 Å². The van der Waals surface area contributed by atoms with Crippen LogP contribution in [0.2, 0.25) is 5.02 Å². The molecule has 0 aliphatic carbocycles. The largest absolute Gasteiger partial charge is 0.489 e. The zero-order valence-electron chi connectivity index (χ0n) is 9.88. The maximum absolute atomic E-state index is 11.0. The number of nitrogens with zero attached hydrogens (tertiary/aromatic N) is 1. The van der Waals surface area contributed by atoms with Gasteiger partial charge in [0.1, 0.15) is 11.9 Å². The van der Waals surface area contributed by atoms with Gasteiger partial charge >= 0.3 is 5.97 Å². The summed E-state index contributed by atoms with van der Waals surface area (Å²) in [5.74, 6) is -0.112. The summed E-state index contributed by atoms with van der Waals surface area (Å²) in [6.07, 6.45) is -0.361. The molecule has 0 fully saturated rings. The molecule has 18 heavy (non-hydrogen) atoms. The zero-order valence-corrected chi connectivity index (χ0v) is 10.6. The van der Waals surface area contributed by atoms with Crippen LogP contribution in [0, 0.1) is 10.1 Å². The number of ether oxygens (including phenoxy) is 2. The van der Waals surface area contributed by atoms with Gasteiger partial charge in [-0.15, -0.1) is 0 Å². The lowest BCUT2D eigenvalue weighted by atomic mass is 10.2. The van der Waals surface area contributed by atoms with E-state index in [4.69, 9.17) is 16.3 Å². The normalized spacial score (nSPS) is 11.7. The molecule has 0 bridgehead atoms. The van der Waals surface area contributed by atoms with Crippen molar-refractivity contribution in [1.82, 2.24) is 0 Å². The van der Waals surface area contributed by atoms with E-state index >= 15 is 0 Å². The summed E-state index contributed by atoms with van der Waals surface area (Å²) in [7, 11) is 1.29. The second-order valence-corrected chi connectivity index (χ2v) is 3.99. The number of nitro benzene ring substituents is 1. The molecule has 0 spiro atoms. The number of benzene rings is 1. The summed E-state index contributed by atoms with van der Waals surface area (Å²) in [5, 5.41) is 10.6. The summed E-state index contributed by atoms with van der Waals surface area (Å²) >= 11 is 5.84. The van der Waals surface area contributed by atoms with Crippen LogP contribution < -0.4 is 4.74 Å². The van der Waals surface area contributed by atoms with Crippen LogP contribution in [0.4, 0.5) is 5.69 Å². The van der Waals surface area contributed by atoms with Crippen molar-refractivity contribution in [2.45, 2.75) is 19.4 Å². The SMILES string of the molecule is COC(=O)CC(C)Oc1ccc([N+](=O)[O-])cc1Cl. The summed E-state index contributed by atoms with van der Waals surface area (Å²) in [6.45, 7) is 1.68. The molecule has 0 aliphatic rings. The molecular weight excluding hydrogens is 262 g/mol. The van der Waals surface area contributed by atoms with E-state index in [1.807, 2.05) is 0 Å². The number of nitro groups is 1. The van der Waals surface area contributed by atoms with E-state index in [0.29, 0.717) is 5.75 Å². The van der Waals surface area contributed by atoms with Gasteiger partial charge in [-0.1, -0.05) is 11.6 Å². The number of non-ortho nitro benzene ring substituents is 1. The lowest BCUT2D eigenvalue weighted by Gasteiger charge is -2.14. The van der Waals surface area contributed by atoms with Gasteiger partial charge in [0, 0.05) is 12.1 Å². The highest BCUT2D eigenvalue weighted by Crippen LogP contribution is 2.29. The van der Waals surface area contributed by atoms with Crippen molar-refractivity contribution in [3.63, 3.8) is 0 Å². The van der Waals surface area contributed by atoms with Gasteiger partial charge in [-0.2, -0.15) is 0 Å². The molecule has 0 saturated heterocycles. The lowest BCUT2D eigenvalue weighted by Crippen LogP contribution is -2.18. The van der Waals surface area contributed by atoms with E-state index in [-0.39, 0.29) is 17.1 Å². The molecule has 1 atom stereocenters. The predicted molar refractivity (Wildman–Crippen MR) is 64.8 cm³/mol. The first-order valence-electron chi connectivity index (χ1n) is 5.11. The second-order valence-electron chi connectivity index (χ2n) is 3.58. The Labute approximate surface area is 109 Å². The third-order valence-corrected chi connectivity index (χ3v) is 2.43. The Morgan fingerprint density at radius 1 is 1.56 bits per heavy atom. The third kappa shape index (κ3) is 3.89. The van der Waals surface area contributed by atoms with Crippen molar-refractivity contribution in [1.29, 1.82) is 0 Å². The van der Waals surface area contributed by atoms with Gasteiger partial charge in [-0.25, -0.2) is 0 Å². The van der Waals surface area contributed by atoms with Crippen LogP contribution in [0.25, 0.3) is 0 Å². The van der Waals surface area contributed by atoms with Crippen LogP contribution in [0.1, 0.15) is 13.3 Å². The van der Waals surface area contributed by atoms with Crippen LogP contribution in [0.15, 0.2) is 18.2 Å². The second kappa shape index (κ2) is 6.20. The number of carbonyl (C=O) groups excluding carboxylic acids is 1. The molecule has 1 rings (SSSR count). The molecule has 0 aliphatic heterocycles. The number of halogens is 1. The summed E-state index contributed by atoms with van der Waals surface area (Å²) < 4.78 is 9.90. The maximum Gasteiger partial charge on any atom is 0.309 e. The van der Waals surface area contributed by atoms with E-state index in [1.54, 1.807) is 6.92 Å². The number of esters is 1. The molecule has 1 unspecified atom stereocenters. The van der Waals surface area contributed by atoms with Gasteiger partial charge in [0.2, 0.25) is 0 Å². The highest BCUT2D eigenvalue weighted by atomic mass is 35.5. The number of hydrogen-bond acceptors (Lipinski definition) is 5. The Morgan fingerprint density at radius 2 is 2.22 bits per heavy atom. The highest BCUT2D eigenvalue weighted by molar-refractivity contribution is 6.32. The number of rotatable bonds is 5. The van der Waals surface area contributed by atoms with Crippen LogP contribution in [0.5, 0.6) is 5.75 Å². The molecule has 0 aromatic heterocycles. The average Bonchev–Trinajstić information content (AvgIpc) is 2.31. The Bertz CT molecular complexity index is 463. The van der Waals surface area contributed by atoms with E-state index in [2.05, 4.69) is 4.74 Å². The smallest absolute Gasteiger partial charge is 0.309 e. The first kappa shape index (κ1) is 14.2. The van der Waals surface area contributed by atoms with Crippen LogP contribution >= 0.6 is 11.6 Å². The average molecular weight is 274 g/mol. The summed E-state index contributed by atoms with van der Waals surface area (Å²) in [4.78, 5) is 21.0. The highest BCUT2D eigenvalue weighted by Gasteiger charge is 2.15. The van der Waals surface area contributed by atoms with Crippen LogP contribution in [-0.2, 0) is 9.53 Å². The molecule has 98 valence electrons. The fraction of sp³-hybridized carbons (Fsp3) is 0.364. The molecule has 0 amide bonds. The Hall–Kier alpha value is -1.82. The molecular formula is C11H12ClNO5. The Balaban J connectivity index is 2.73. The molecule has 0 saturated carbocycles. The molecule has 1 aromatic rings. The Kier molecular flexibility index (Phi) is 4.91. The van der Waals surface area contributed by atoms with Gasteiger partial charge in [-0.3, -0.25) is 14.9 Å². The standard InChI is InChI=1S/C11H12ClNO5/c1-7(5-11(14)17-2)18-10-4-3-8(13(15)16)6-9(10)12/h3-4,6-7H,5H2,1-2H3. The van der Waals surface area contributed by atoms with E-state index < -0.39 is 17.0 Å². The van der Waals surface area contributed by atoms with Crippen molar-refractivity contribution >= 4 is 23.3 Å². The molecule has 0 N–H and O–H groups in total. The molecule has 6 nitrogen and oxygen atoms in total.